The predicted octanol–water partition coefficient (Wildman–Crippen LogP) is 2.02. The smallest absolute Gasteiger partial charge is 0.0705 e. The lowest BCUT2D eigenvalue weighted by Gasteiger charge is -2.15. The van der Waals surface area contributed by atoms with E-state index < -0.39 is 0 Å². The Morgan fingerprint density at radius 3 is 2.76 bits per heavy atom. The maximum atomic E-state index is 5.73. The van der Waals surface area contributed by atoms with Crippen LogP contribution in [0.1, 0.15) is 23.0 Å². The molecule has 0 aliphatic carbocycles. The minimum Gasteiger partial charge on any atom is -0.275 e. The number of hydrogen-bond donors (Lipinski definition) is 2. The van der Waals surface area contributed by atoms with Gasteiger partial charge in [-0.25, -0.2) is 0 Å². The van der Waals surface area contributed by atoms with Crippen LogP contribution in [0.25, 0.3) is 10.9 Å². The van der Waals surface area contributed by atoms with Crippen molar-refractivity contribution < 1.29 is 0 Å². The molecule has 0 spiro atoms. The van der Waals surface area contributed by atoms with Gasteiger partial charge in [-0.15, -0.1) is 0 Å². The molecule has 1 atom stereocenters. The highest BCUT2D eigenvalue weighted by Gasteiger charge is 2.16. The number of hydrogen-bond acceptors (Lipinski definition) is 4. The van der Waals surface area contributed by atoms with E-state index in [9.17, 15) is 0 Å². The molecule has 0 saturated carbocycles. The minimum atomic E-state index is 0.00682. The van der Waals surface area contributed by atoms with Crippen LogP contribution in [0.3, 0.4) is 0 Å². The number of hydrazine groups is 1. The van der Waals surface area contributed by atoms with Gasteiger partial charge in [0, 0.05) is 36.3 Å². The molecule has 0 aliphatic heterocycles. The van der Waals surface area contributed by atoms with Gasteiger partial charge in [0.25, 0.3) is 0 Å². The number of nitrogens with one attached hydrogen (secondary N) is 1. The molecule has 5 heteroatoms. The first-order valence-electron chi connectivity index (χ1n) is 6.98. The summed E-state index contributed by atoms with van der Waals surface area (Å²) < 4.78 is 1.81. The summed E-state index contributed by atoms with van der Waals surface area (Å²) in [5, 5.41) is 5.52. The lowest BCUT2D eigenvalue weighted by molar-refractivity contribution is 0.544. The number of pyridine rings is 1. The topological polar surface area (TPSA) is 68.8 Å². The second kappa shape index (κ2) is 5.63. The number of fused-ring (bicyclic) bond motifs is 1. The lowest BCUT2D eigenvalue weighted by Crippen LogP contribution is -2.30. The Bertz CT molecular complexity index is 762. The molecule has 0 radical (unpaired) electrons. The Kier molecular flexibility index (Phi) is 3.68. The van der Waals surface area contributed by atoms with Crippen LogP contribution >= 0.6 is 0 Å². The molecular formula is C16H19N5. The Balaban J connectivity index is 1.90. The van der Waals surface area contributed by atoms with Gasteiger partial charge < -0.3 is 0 Å². The van der Waals surface area contributed by atoms with E-state index in [0.717, 1.165) is 34.3 Å². The summed E-state index contributed by atoms with van der Waals surface area (Å²) in [6.45, 7) is 1.99. The Labute approximate surface area is 123 Å². The number of aryl methyl sites for hydroxylation is 2. The largest absolute Gasteiger partial charge is 0.275 e. The van der Waals surface area contributed by atoms with Crippen molar-refractivity contribution in [3.05, 3.63) is 59.5 Å². The molecule has 2 heterocycles. The van der Waals surface area contributed by atoms with Crippen LogP contribution in [0, 0.1) is 6.92 Å². The molecule has 0 saturated heterocycles. The van der Waals surface area contributed by atoms with Gasteiger partial charge in [0.15, 0.2) is 0 Å². The van der Waals surface area contributed by atoms with E-state index >= 15 is 0 Å². The van der Waals surface area contributed by atoms with Gasteiger partial charge in [0.1, 0.15) is 0 Å². The summed E-state index contributed by atoms with van der Waals surface area (Å²) in [7, 11) is 1.92. The average molecular weight is 281 g/mol. The zero-order valence-electron chi connectivity index (χ0n) is 12.2. The van der Waals surface area contributed by atoms with Crippen LogP contribution in [0.4, 0.5) is 0 Å². The van der Waals surface area contributed by atoms with Crippen LogP contribution in [0.5, 0.6) is 0 Å². The Morgan fingerprint density at radius 1 is 1.24 bits per heavy atom. The van der Waals surface area contributed by atoms with Gasteiger partial charge >= 0.3 is 0 Å². The van der Waals surface area contributed by atoms with Crippen molar-refractivity contribution in [2.24, 2.45) is 12.9 Å². The summed E-state index contributed by atoms with van der Waals surface area (Å²) in [6, 6.07) is 12.3. The summed E-state index contributed by atoms with van der Waals surface area (Å²) >= 11 is 0. The molecule has 1 aromatic carbocycles. The maximum absolute atomic E-state index is 5.73. The van der Waals surface area contributed by atoms with Crippen molar-refractivity contribution in [1.29, 1.82) is 0 Å². The fourth-order valence-electron chi connectivity index (χ4n) is 2.65. The van der Waals surface area contributed by atoms with Gasteiger partial charge in [0.05, 0.1) is 17.3 Å². The van der Waals surface area contributed by atoms with Crippen LogP contribution in [-0.2, 0) is 13.5 Å². The standard InChI is InChI=1S/C16H19N5/c1-11-14(10-21(2)20-11)16(19-17)9-13-8-7-12-5-3-4-6-15(12)18-13/h3-8,10,16,19H,9,17H2,1-2H3. The molecule has 3 rings (SSSR count). The van der Waals surface area contributed by atoms with Crippen molar-refractivity contribution in [2.75, 3.05) is 0 Å². The fraction of sp³-hybridized carbons (Fsp3) is 0.250. The number of benzene rings is 1. The third kappa shape index (κ3) is 2.79. The molecule has 3 N–H and O–H groups in total. The number of rotatable bonds is 4. The SMILES string of the molecule is Cc1nn(C)cc1C(Cc1ccc2ccccc2n1)NN. The molecule has 21 heavy (non-hydrogen) atoms. The van der Waals surface area contributed by atoms with Gasteiger partial charge in [-0.05, 0) is 19.1 Å². The van der Waals surface area contributed by atoms with Crippen LogP contribution in [-0.4, -0.2) is 14.8 Å². The molecule has 0 aliphatic rings. The normalized spacial score (nSPS) is 12.7. The van der Waals surface area contributed by atoms with Crippen molar-refractivity contribution in [3.8, 4) is 0 Å². The second-order valence-electron chi connectivity index (χ2n) is 5.26. The molecule has 2 aromatic heterocycles. The molecule has 108 valence electrons. The van der Waals surface area contributed by atoms with E-state index in [4.69, 9.17) is 10.8 Å². The average Bonchev–Trinajstić information content (AvgIpc) is 2.83. The summed E-state index contributed by atoms with van der Waals surface area (Å²) in [5.74, 6) is 5.73. The van der Waals surface area contributed by atoms with Crippen LogP contribution in [0.2, 0.25) is 0 Å². The molecule has 5 nitrogen and oxygen atoms in total. The summed E-state index contributed by atoms with van der Waals surface area (Å²) in [6.07, 6.45) is 2.73. The predicted molar refractivity (Wildman–Crippen MR) is 83.5 cm³/mol. The highest BCUT2D eigenvalue weighted by molar-refractivity contribution is 5.78. The first-order chi connectivity index (χ1) is 10.2. The van der Waals surface area contributed by atoms with E-state index in [2.05, 4.69) is 28.7 Å². The minimum absolute atomic E-state index is 0.00682. The van der Waals surface area contributed by atoms with Gasteiger partial charge in [0.2, 0.25) is 0 Å². The van der Waals surface area contributed by atoms with Crippen LogP contribution in [0.15, 0.2) is 42.6 Å². The molecule has 3 aromatic rings. The zero-order valence-corrected chi connectivity index (χ0v) is 12.2. The second-order valence-corrected chi connectivity index (χ2v) is 5.26. The highest BCUT2D eigenvalue weighted by Crippen LogP contribution is 2.21. The van der Waals surface area contributed by atoms with E-state index in [1.54, 1.807) is 0 Å². The number of nitrogens with two attached hydrogens (primary N) is 1. The first-order valence-corrected chi connectivity index (χ1v) is 6.98. The molecule has 1 unspecified atom stereocenters. The Hall–Kier alpha value is -2.24. The van der Waals surface area contributed by atoms with Gasteiger partial charge in [-0.2, -0.15) is 5.10 Å². The quantitative estimate of drug-likeness (QED) is 0.567. The monoisotopic (exact) mass is 281 g/mol. The van der Waals surface area contributed by atoms with Crippen LogP contribution < -0.4 is 11.3 Å². The van der Waals surface area contributed by atoms with E-state index in [1.807, 2.05) is 43.0 Å². The number of aromatic nitrogens is 3. The van der Waals surface area contributed by atoms with E-state index in [1.165, 1.54) is 0 Å². The van der Waals surface area contributed by atoms with E-state index in [-0.39, 0.29) is 6.04 Å². The lowest BCUT2D eigenvalue weighted by atomic mass is 10.0. The molecule has 0 fully saturated rings. The van der Waals surface area contributed by atoms with Crippen molar-refractivity contribution in [1.82, 2.24) is 20.2 Å². The first kappa shape index (κ1) is 13.7. The van der Waals surface area contributed by atoms with Gasteiger partial charge in [-0.1, -0.05) is 24.3 Å². The third-order valence-corrected chi connectivity index (χ3v) is 3.70. The van der Waals surface area contributed by atoms with Crippen molar-refractivity contribution >= 4 is 10.9 Å². The van der Waals surface area contributed by atoms with Crippen molar-refractivity contribution in [2.45, 2.75) is 19.4 Å². The number of nitrogens with zero attached hydrogens (tertiary/aromatic N) is 3. The van der Waals surface area contributed by atoms with E-state index in [0.29, 0.717) is 0 Å². The fourth-order valence-corrected chi connectivity index (χ4v) is 2.65. The maximum Gasteiger partial charge on any atom is 0.0705 e. The molecule has 0 amide bonds. The highest BCUT2D eigenvalue weighted by atomic mass is 15.3. The Morgan fingerprint density at radius 2 is 2.05 bits per heavy atom. The third-order valence-electron chi connectivity index (χ3n) is 3.70. The van der Waals surface area contributed by atoms with Crippen molar-refractivity contribution in [3.63, 3.8) is 0 Å². The summed E-state index contributed by atoms with van der Waals surface area (Å²) in [4.78, 5) is 4.70. The molecule has 0 bridgehead atoms. The zero-order chi connectivity index (χ0) is 14.8. The number of para-hydroxylation sites is 1. The summed E-state index contributed by atoms with van der Waals surface area (Å²) in [5.41, 5.74) is 6.99. The molecular weight excluding hydrogens is 262 g/mol. The van der Waals surface area contributed by atoms with Gasteiger partial charge in [-0.3, -0.25) is 20.9 Å².